The normalized spacial score (nSPS) is 14.3. The second-order valence-electron chi connectivity index (χ2n) is 9.00. The van der Waals surface area contributed by atoms with E-state index in [1.54, 1.807) is 25.1 Å². The summed E-state index contributed by atoms with van der Waals surface area (Å²) < 4.78 is 18.0. The van der Waals surface area contributed by atoms with Crippen molar-refractivity contribution in [3.8, 4) is 0 Å². The van der Waals surface area contributed by atoms with Gasteiger partial charge in [0.1, 0.15) is 33.8 Å². The summed E-state index contributed by atoms with van der Waals surface area (Å²) in [7, 11) is 0. The van der Waals surface area contributed by atoms with Crippen molar-refractivity contribution in [3.05, 3.63) is 55.9 Å². The van der Waals surface area contributed by atoms with E-state index in [4.69, 9.17) is 25.0 Å². The number of aromatic carboxylic acids is 1. The molecule has 0 bridgehead atoms. The van der Waals surface area contributed by atoms with Gasteiger partial charge in [-0.2, -0.15) is 0 Å². The third-order valence-corrected chi connectivity index (χ3v) is 7.63. The van der Waals surface area contributed by atoms with Gasteiger partial charge < -0.3 is 35.6 Å². The molecule has 0 radical (unpaired) electrons. The molecule has 38 heavy (non-hydrogen) atoms. The Labute approximate surface area is 247 Å². The van der Waals surface area contributed by atoms with E-state index in [0.717, 1.165) is 41.3 Å². The molecule has 6 rings (SSSR count). The van der Waals surface area contributed by atoms with Crippen LogP contribution in [0.5, 0.6) is 0 Å². The van der Waals surface area contributed by atoms with Gasteiger partial charge in [0.15, 0.2) is 0 Å². The van der Waals surface area contributed by atoms with Crippen LogP contribution in [-0.4, -0.2) is 29.1 Å². The van der Waals surface area contributed by atoms with Crippen LogP contribution >= 0.6 is 31.9 Å². The van der Waals surface area contributed by atoms with Crippen molar-refractivity contribution in [1.29, 1.82) is 0 Å². The topological polar surface area (TPSA) is 172 Å². The summed E-state index contributed by atoms with van der Waals surface area (Å²) in [4.78, 5) is 23.5. The first kappa shape index (κ1) is 30.1. The van der Waals surface area contributed by atoms with Gasteiger partial charge in [0, 0.05) is 55.1 Å². The number of esters is 1. The number of hydrogen-bond acceptors (Lipinski definition) is 8. The number of anilines is 2. The zero-order valence-electron chi connectivity index (χ0n) is 20.8. The first-order valence-electron chi connectivity index (χ1n) is 11.6. The molecule has 9 nitrogen and oxygen atoms in total. The molecule has 2 aromatic carbocycles. The van der Waals surface area contributed by atoms with Gasteiger partial charge in [-0.1, -0.05) is 0 Å². The SMILES string of the molecule is CCOC(=O)c1c(C2CC2)oc2cc(N)c(Br)cc12.Nc1cc2oc(C3CC3)c(C(=O)O)c2cc1Br.[Li+].[OH-]. The Morgan fingerprint density at radius 1 is 0.895 bits per heavy atom. The van der Waals surface area contributed by atoms with Crippen molar-refractivity contribution in [2.45, 2.75) is 44.4 Å². The van der Waals surface area contributed by atoms with Crippen molar-refractivity contribution < 1.29 is 52.6 Å². The summed E-state index contributed by atoms with van der Waals surface area (Å²) in [6, 6.07) is 6.95. The van der Waals surface area contributed by atoms with Crippen LogP contribution in [-0.2, 0) is 4.74 Å². The van der Waals surface area contributed by atoms with Crippen LogP contribution in [0, 0.1) is 0 Å². The second kappa shape index (κ2) is 11.8. The van der Waals surface area contributed by atoms with Crippen LogP contribution in [0.2, 0.25) is 0 Å². The molecule has 6 N–H and O–H groups in total. The first-order valence-corrected chi connectivity index (χ1v) is 13.2. The fraction of sp³-hybridized carbons (Fsp3) is 0.308. The van der Waals surface area contributed by atoms with E-state index in [9.17, 15) is 14.7 Å². The number of rotatable bonds is 5. The fourth-order valence-corrected chi connectivity index (χ4v) is 4.89. The largest absolute Gasteiger partial charge is 1.00 e. The minimum absolute atomic E-state index is 0. The Hall–Kier alpha value is -2.42. The smallest absolute Gasteiger partial charge is 0.870 e. The Morgan fingerprint density at radius 3 is 1.71 bits per heavy atom. The number of carbonyl (C=O) groups is 2. The molecule has 0 saturated heterocycles. The molecule has 0 atom stereocenters. The van der Waals surface area contributed by atoms with Crippen LogP contribution in [0.3, 0.4) is 0 Å². The van der Waals surface area contributed by atoms with Crippen LogP contribution in [0.4, 0.5) is 11.4 Å². The first-order chi connectivity index (χ1) is 17.2. The van der Waals surface area contributed by atoms with Gasteiger partial charge in [-0.25, -0.2) is 9.59 Å². The van der Waals surface area contributed by atoms with Gasteiger partial charge >= 0.3 is 30.8 Å². The number of ether oxygens (including phenoxy) is 1. The number of nitrogens with two attached hydrogens (primary N) is 2. The van der Waals surface area contributed by atoms with Gasteiger partial charge in [0.25, 0.3) is 0 Å². The standard InChI is InChI=1S/C14H14BrNO3.C12H10BrNO3.Li.H2O/c1-2-18-14(17)12-8-5-9(15)10(16)6-11(8)19-13(12)7-3-4-7;13-7-3-6-9(4-8(7)14)17-11(5-1-2-5)10(6)12(15)16;;/h5-7H,2-4,16H2,1H3;3-5H,1-2,14H2,(H,15,16);;1H2/q;;+1;/p-1. The fourth-order valence-electron chi connectivity index (χ4n) is 4.20. The van der Waals surface area contributed by atoms with Gasteiger partial charge in [-0.3, -0.25) is 0 Å². The molecule has 2 aliphatic carbocycles. The van der Waals surface area contributed by atoms with Crippen LogP contribution in [0.25, 0.3) is 21.9 Å². The van der Waals surface area contributed by atoms with E-state index in [2.05, 4.69) is 31.9 Å². The van der Waals surface area contributed by atoms with Crippen molar-refractivity contribution in [1.82, 2.24) is 0 Å². The van der Waals surface area contributed by atoms with Gasteiger partial charge in [0.05, 0.1) is 6.61 Å². The number of benzene rings is 2. The molecular weight excluding hydrogens is 619 g/mol. The summed E-state index contributed by atoms with van der Waals surface area (Å²) >= 11 is 6.68. The average Bonchev–Trinajstić information content (AvgIpc) is 3.75. The molecule has 2 aliphatic rings. The van der Waals surface area contributed by atoms with Gasteiger partial charge in [-0.15, -0.1) is 0 Å². The Kier molecular flexibility index (Phi) is 9.32. The maximum atomic E-state index is 12.1. The van der Waals surface area contributed by atoms with Crippen molar-refractivity contribution in [3.63, 3.8) is 0 Å². The Bertz CT molecular complexity index is 1520. The van der Waals surface area contributed by atoms with Crippen LogP contribution in [0.1, 0.15) is 76.7 Å². The predicted molar refractivity (Wildman–Crippen MR) is 145 cm³/mol. The number of carboxylic acids is 1. The molecule has 0 spiro atoms. The summed E-state index contributed by atoms with van der Waals surface area (Å²) in [5.41, 5.74) is 14.8. The summed E-state index contributed by atoms with van der Waals surface area (Å²) in [5, 5.41) is 10.7. The molecule has 2 aromatic heterocycles. The zero-order valence-corrected chi connectivity index (χ0v) is 24.0. The van der Waals surface area contributed by atoms with E-state index in [-0.39, 0.29) is 41.8 Å². The predicted octanol–water partition coefficient (Wildman–Crippen LogP) is 4.01. The van der Waals surface area contributed by atoms with Crippen molar-refractivity contribution in [2.75, 3.05) is 18.1 Å². The number of carboxylic acid groups (broad SMARTS) is 1. The van der Waals surface area contributed by atoms with E-state index in [1.807, 2.05) is 6.07 Å². The van der Waals surface area contributed by atoms with E-state index >= 15 is 0 Å². The van der Waals surface area contributed by atoms with E-state index in [0.29, 0.717) is 56.2 Å². The number of halogens is 2. The number of furan rings is 2. The number of nitrogen functional groups attached to an aromatic ring is 2. The number of fused-ring (bicyclic) bond motifs is 2. The minimum Gasteiger partial charge on any atom is -0.870 e. The summed E-state index contributed by atoms with van der Waals surface area (Å²) in [6.07, 6.45) is 4.11. The third-order valence-electron chi connectivity index (χ3n) is 6.26. The third kappa shape index (κ3) is 5.77. The van der Waals surface area contributed by atoms with Gasteiger partial charge in [-0.05, 0) is 76.6 Å². The van der Waals surface area contributed by atoms with Crippen LogP contribution in [0.15, 0.2) is 42.0 Å². The molecule has 12 heteroatoms. The van der Waals surface area contributed by atoms with E-state index in [1.165, 1.54) is 0 Å². The monoisotopic (exact) mass is 642 g/mol. The summed E-state index contributed by atoms with van der Waals surface area (Å²) in [5.74, 6) is 0.665. The maximum absolute atomic E-state index is 12.1. The Balaban J connectivity index is 0.000000201. The van der Waals surface area contributed by atoms with Gasteiger partial charge in [0.2, 0.25) is 0 Å². The average molecular weight is 644 g/mol. The maximum Gasteiger partial charge on any atom is 1.00 e. The zero-order chi connectivity index (χ0) is 25.7. The minimum atomic E-state index is -0.942. The Morgan fingerprint density at radius 2 is 1.32 bits per heavy atom. The van der Waals surface area contributed by atoms with Crippen molar-refractivity contribution >= 4 is 77.1 Å². The number of carbonyl (C=O) groups excluding carboxylic acids is 1. The van der Waals surface area contributed by atoms with Crippen LogP contribution < -0.4 is 30.3 Å². The molecule has 2 saturated carbocycles. The molecule has 2 heterocycles. The summed E-state index contributed by atoms with van der Waals surface area (Å²) in [6.45, 7) is 2.15. The molecule has 2 fully saturated rings. The molecule has 196 valence electrons. The number of hydrogen-bond donors (Lipinski definition) is 3. The second-order valence-corrected chi connectivity index (χ2v) is 10.7. The molecule has 0 amide bonds. The molecule has 4 aromatic rings. The van der Waals surface area contributed by atoms with E-state index < -0.39 is 5.97 Å². The molecular formula is C26H25Br2LiN2O7. The molecule has 0 unspecified atom stereocenters. The van der Waals surface area contributed by atoms with Crippen molar-refractivity contribution in [2.24, 2.45) is 0 Å². The molecule has 0 aliphatic heterocycles. The quantitative estimate of drug-likeness (QED) is 0.165.